The normalized spacial score (nSPS) is 27.8. The predicted molar refractivity (Wildman–Crippen MR) is 82.6 cm³/mol. The summed E-state index contributed by atoms with van der Waals surface area (Å²) in [5.74, 6) is -0.819. The molecule has 1 aliphatic carbocycles. The molecule has 1 atom stereocenters. The third kappa shape index (κ3) is 4.18. The van der Waals surface area contributed by atoms with Crippen LogP contribution in [0.5, 0.6) is 6.01 Å². The molecule has 0 bridgehead atoms. The average Bonchev–Trinajstić information content (AvgIpc) is 2.58. The number of piperidine rings is 1. The summed E-state index contributed by atoms with van der Waals surface area (Å²) in [6.45, 7) is 0.673. The van der Waals surface area contributed by atoms with Gasteiger partial charge in [0, 0.05) is 25.0 Å². The van der Waals surface area contributed by atoms with Gasteiger partial charge in [-0.25, -0.2) is 9.97 Å². The van der Waals surface area contributed by atoms with Crippen LogP contribution >= 0.6 is 0 Å². The summed E-state index contributed by atoms with van der Waals surface area (Å²) in [7, 11) is 0. The van der Waals surface area contributed by atoms with Gasteiger partial charge in [0.05, 0.1) is 0 Å². The standard InChI is InChI=1S/C16H22N4O3/c21-14-13(3-1-8-17-14)15(22)20-11-4-6-12(7-5-11)23-16-18-9-2-10-19-16/h2,9-13H,1,3-8H2,(H,17,21)(H,20,22). The van der Waals surface area contributed by atoms with Crippen molar-refractivity contribution in [2.45, 2.75) is 50.7 Å². The molecule has 124 valence electrons. The fourth-order valence-electron chi connectivity index (χ4n) is 3.14. The molecule has 2 N–H and O–H groups in total. The van der Waals surface area contributed by atoms with E-state index in [1.165, 1.54) is 0 Å². The van der Waals surface area contributed by atoms with Crippen LogP contribution in [0.1, 0.15) is 38.5 Å². The van der Waals surface area contributed by atoms with Crippen molar-refractivity contribution in [2.75, 3.05) is 6.54 Å². The Morgan fingerprint density at radius 3 is 2.61 bits per heavy atom. The fourth-order valence-corrected chi connectivity index (χ4v) is 3.14. The van der Waals surface area contributed by atoms with Crippen molar-refractivity contribution >= 4 is 11.8 Å². The lowest BCUT2D eigenvalue weighted by Gasteiger charge is -2.30. The molecule has 1 aromatic rings. The average molecular weight is 318 g/mol. The van der Waals surface area contributed by atoms with Crippen LogP contribution in [0.2, 0.25) is 0 Å². The SMILES string of the molecule is O=C1NCCCC1C(=O)NC1CCC(Oc2ncccn2)CC1. The second-order valence-corrected chi connectivity index (χ2v) is 6.12. The Hall–Kier alpha value is -2.18. The third-order valence-electron chi connectivity index (χ3n) is 4.44. The van der Waals surface area contributed by atoms with Crippen LogP contribution in [0, 0.1) is 5.92 Å². The van der Waals surface area contributed by atoms with Crippen LogP contribution in [0.4, 0.5) is 0 Å². The zero-order valence-corrected chi connectivity index (χ0v) is 13.0. The van der Waals surface area contributed by atoms with E-state index in [-0.39, 0.29) is 24.0 Å². The van der Waals surface area contributed by atoms with Crippen molar-refractivity contribution in [1.82, 2.24) is 20.6 Å². The summed E-state index contributed by atoms with van der Waals surface area (Å²) in [6, 6.07) is 2.27. The first-order valence-corrected chi connectivity index (χ1v) is 8.24. The molecule has 3 rings (SSSR count). The third-order valence-corrected chi connectivity index (χ3v) is 4.44. The maximum atomic E-state index is 12.2. The molecule has 1 aromatic heterocycles. The second kappa shape index (κ2) is 7.39. The van der Waals surface area contributed by atoms with Gasteiger partial charge >= 0.3 is 6.01 Å². The van der Waals surface area contributed by atoms with Gasteiger partial charge in [0.15, 0.2) is 0 Å². The lowest BCUT2D eigenvalue weighted by molar-refractivity contribution is -0.137. The summed E-state index contributed by atoms with van der Waals surface area (Å²) >= 11 is 0. The lowest BCUT2D eigenvalue weighted by Crippen LogP contribution is -2.48. The number of carbonyl (C=O) groups is 2. The first-order valence-electron chi connectivity index (χ1n) is 8.24. The highest BCUT2D eigenvalue weighted by molar-refractivity contribution is 6.00. The number of hydrogen-bond donors (Lipinski definition) is 2. The number of carbonyl (C=O) groups excluding carboxylic acids is 2. The maximum absolute atomic E-state index is 12.2. The number of rotatable bonds is 4. The van der Waals surface area contributed by atoms with Crippen LogP contribution in [0.25, 0.3) is 0 Å². The molecule has 0 spiro atoms. The van der Waals surface area contributed by atoms with Gasteiger partial charge in [-0.05, 0) is 44.6 Å². The first kappa shape index (κ1) is 15.7. The van der Waals surface area contributed by atoms with Crippen molar-refractivity contribution in [3.63, 3.8) is 0 Å². The number of nitrogens with one attached hydrogen (secondary N) is 2. The molecule has 0 aromatic carbocycles. The van der Waals surface area contributed by atoms with Crippen LogP contribution in [0.3, 0.4) is 0 Å². The highest BCUT2D eigenvalue weighted by atomic mass is 16.5. The van der Waals surface area contributed by atoms with E-state index >= 15 is 0 Å². The second-order valence-electron chi connectivity index (χ2n) is 6.12. The van der Waals surface area contributed by atoms with E-state index in [4.69, 9.17) is 4.74 Å². The molecule has 2 heterocycles. The van der Waals surface area contributed by atoms with Gasteiger partial charge in [-0.3, -0.25) is 9.59 Å². The van der Waals surface area contributed by atoms with Gasteiger partial charge in [-0.1, -0.05) is 0 Å². The molecule has 2 fully saturated rings. The summed E-state index contributed by atoms with van der Waals surface area (Å²) in [5, 5.41) is 5.77. The Morgan fingerprint density at radius 2 is 1.91 bits per heavy atom. The molecule has 2 aliphatic rings. The minimum absolute atomic E-state index is 0.0866. The highest BCUT2D eigenvalue weighted by Crippen LogP contribution is 2.23. The largest absolute Gasteiger partial charge is 0.460 e. The Labute approximate surface area is 135 Å². The van der Waals surface area contributed by atoms with E-state index in [2.05, 4.69) is 20.6 Å². The van der Waals surface area contributed by atoms with Gasteiger partial charge in [-0.15, -0.1) is 0 Å². The number of aromatic nitrogens is 2. The van der Waals surface area contributed by atoms with Gasteiger partial charge in [0.2, 0.25) is 11.8 Å². The Balaban J connectivity index is 1.44. The Morgan fingerprint density at radius 1 is 1.17 bits per heavy atom. The number of ether oxygens (including phenoxy) is 1. The predicted octanol–water partition coefficient (Wildman–Crippen LogP) is 0.809. The maximum Gasteiger partial charge on any atom is 0.316 e. The summed E-state index contributed by atoms with van der Waals surface area (Å²) in [6.07, 6.45) is 8.29. The molecule has 7 heteroatoms. The first-order chi connectivity index (χ1) is 11.2. The van der Waals surface area contributed by atoms with E-state index < -0.39 is 5.92 Å². The van der Waals surface area contributed by atoms with Crippen LogP contribution in [0.15, 0.2) is 18.5 Å². The van der Waals surface area contributed by atoms with Gasteiger partial charge < -0.3 is 15.4 Å². The quantitative estimate of drug-likeness (QED) is 0.801. The minimum atomic E-state index is -0.532. The van der Waals surface area contributed by atoms with E-state index in [0.29, 0.717) is 19.0 Å². The smallest absolute Gasteiger partial charge is 0.316 e. The molecular formula is C16H22N4O3. The fraction of sp³-hybridized carbons (Fsp3) is 0.625. The number of amides is 2. The summed E-state index contributed by atoms with van der Waals surface area (Å²) < 4.78 is 5.74. The zero-order chi connectivity index (χ0) is 16.1. The zero-order valence-electron chi connectivity index (χ0n) is 13.0. The van der Waals surface area contributed by atoms with Crippen LogP contribution in [-0.4, -0.2) is 40.5 Å². The summed E-state index contributed by atoms with van der Waals surface area (Å²) in [4.78, 5) is 32.1. The van der Waals surface area contributed by atoms with Gasteiger partial charge in [0.1, 0.15) is 12.0 Å². The van der Waals surface area contributed by atoms with E-state index in [9.17, 15) is 9.59 Å². The minimum Gasteiger partial charge on any atom is -0.460 e. The molecule has 7 nitrogen and oxygen atoms in total. The molecule has 0 radical (unpaired) electrons. The molecule has 1 saturated carbocycles. The molecular weight excluding hydrogens is 296 g/mol. The van der Waals surface area contributed by atoms with Crippen molar-refractivity contribution in [3.05, 3.63) is 18.5 Å². The molecule has 23 heavy (non-hydrogen) atoms. The summed E-state index contributed by atoms with van der Waals surface area (Å²) in [5.41, 5.74) is 0. The van der Waals surface area contributed by atoms with Crippen LogP contribution < -0.4 is 15.4 Å². The van der Waals surface area contributed by atoms with Crippen molar-refractivity contribution in [2.24, 2.45) is 5.92 Å². The monoisotopic (exact) mass is 318 g/mol. The van der Waals surface area contributed by atoms with E-state index in [1.807, 2.05) is 0 Å². The van der Waals surface area contributed by atoms with Crippen molar-refractivity contribution in [1.29, 1.82) is 0 Å². The molecule has 1 saturated heterocycles. The molecule has 1 unspecified atom stereocenters. The Kier molecular flexibility index (Phi) is 5.05. The number of nitrogens with zero attached hydrogens (tertiary/aromatic N) is 2. The lowest BCUT2D eigenvalue weighted by atomic mass is 9.91. The Bertz CT molecular complexity index is 544. The van der Waals surface area contributed by atoms with E-state index in [0.717, 1.165) is 32.1 Å². The van der Waals surface area contributed by atoms with Crippen molar-refractivity contribution in [3.8, 4) is 6.01 Å². The van der Waals surface area contributed by atoms with Crippen molar-refractivity contribution < 1.29 is 14.3 Å². The van der Waals surface area contributed by atoms with E-state index in [1.54, 1.807) is 18.5 Å². The highest BCUT2D eigenvalue weighted by Gasteiger charge is 2.31. The van der Waals surface area contributed by atoms with Gasteiger partial charge in [0.25, 0.3) is 0 Å². The molecule has 2 amide bonds. The van der Waals surface area contributed by atoms with Gasteiger partial charge in [-0.2, -0.15) is 0 Å². The molecule has 1 aliphatic heterocycles. The number of hydrogen-bond acceptors (Lipinski definition) is 5. The topological polar surface area (TPSA) is 93.2 Å². The van der Waals surface area contributed by atoms with Crippen LogP contribution in [-0.2, 0) is 9.59 Å².